The second-order valence-corrected chi connectivity index (χ2v) is 5.45. The minimum Gasteiger partial charge on any atom is -0.480 e. The molecule has 1 fully saturated rings. The molecule has 0 atom stereocenters. The average Bonchev–Trinajstić information content (AvgIpc) is 2.25. The third-order valence-electron chi connectivity index (χ3n) is 2.81. The van der Waals surface area contributed by atoms with Gasteiger partial charge >= 0.3 is 5.97 Å². The smallest absolute Gasteiger partial charge is 0.329 e. The average molecular weight is 243 g/mol. The van der Waals surface area contributed by atoms with Crippen molar-refractivity contribution >= 4 is 11.9 Å². The van der Waals surface area contributed by atoms with E-state index < -0.39 is 5.97 Å². The van der Waals surface area contributed by atoms with E-state index in [2.05, 4.69) is 0 Å². The fourth-order valence-electron chi connectivity index (χ4n) is 1.89. The molecule has 1 amide bonds. The van der Waals surface area contributed by atoms with E-state index in [1.807, 2.05) is 25.7 Å². The molecule has 0 bridgehead atoms. The van der Waals surface area contributed by atoms with E-state index in [4.69, 9.17) is 9.84 Å². The van der Waals surface area contributed by atoms with Crippen LogP contribution in [0.5, 0.6) is 0 Å². The molecule has 17 heavy (non-hydrogen) atoms. The molecule has 0 radical (unpaired) electrons. The first kappa shape index (κ1) is 14.0. The highest BCUT2D eigenvalue weighted by Gasteiger charge is 2.30. The molecule has 0 spiro atoms. The zero-order valence-electron chi connectivity index (χ0n) is 10.7. The Bertz CT molecular complexity index is 287. The number of carbonyl (C=O) groups is 2. The van der Waals surface area contributed by atoms with Crippen LogP contribution in [-0.4, -0.2) is 47.7 Å². The summed E-state index contributed by atoms with van der Waals surface area (Å²) in [6, 6.07) is 0. The zero-order valence-corrected chi connectivity index (χ0v) is 10.7. The van der Waals surface area contributed by atoms with Crippen molar-refractivity contribution < 1.29 is 19.4 Å². The van der Waals surface area contributed by atoms with Crippen LogP contribution in [-0.2, 0) is 14.3 Å². The number of carboxylic acid groups (broad SMARTS) is 1. The van der Waals surface area contributed by atoms with Gasteiger partial charge in [-0.15, -0.1) is 0 Å². The highest BCUT2D eigenvalue weighted by atomic mass is 16.5. The largest absolute Gasteiger partial charge is 0.480 e. The number of ether oxygens (including phenoxy) is 1. The molecule has 5 heteroatoms. The molecule has 98 valence electrons. The number of hydrogen-bond acceptors (Lipinski definition) is 3. The SMILES string of the molecule is CC(C)(C)C(=O)N1CCC(OCC(=O)O)CC1. The molecule has 0 unspecified atom stereocenters. The molecular formula is C12H21NO4. The number of nitrogens with zero attached hydrogens (tertiary/aromatic N) is 1. The van der Waals surface area contributed by atoms with Gasteiger partial charge in [-0.05, 0) is 12.8 Å². The van der Waals surface area contributed by atoms with Crippen LogP contribution in [0.3, 0.4) is 0 Å². The quantitative estimate of drug-likeness (QED) is 0.806. The third kappa shape index (κ3) is 4.34. The molecule has 1 rings (SSSR count). The zero-order chi connectivity index (χ0) is 13.1. The van der Waals surface area contributed by atoms with E-state index in [1.165, 1.54) is 0 Å². The van der Waals surface area contributed by atoms with Gasteiger partial charge in [-0.3, -0.25) is 4.79 Å². The topological polar surface area (TPSA) is 66.8 Å². The van der Waals surface area contributed by atoms with Gasteiger partial charge in [-0.2, -0.15) is 0 Å². The summed E-state index contributed by atoms with van der Waals surface area (Å²) in [5.41, 5.74) is -0.352. The maximum absolute atomic E-state index is 12.0. The van der Waals surface area contributed by atoms with Crippen LogP contribution < -0.4 is 0 Å². The molecule has 0 aromatic carbocycles. The molecule has 1 saturated heterocycles. The van der Waals surface area contributed by atoms with Crippen molar-refractivity contribution in [1.29, 1.82) is 0 Å². The Labute approximate surface area is 102 Å². The lowest BCUT2D eigenvalue weighted by molar-refractivity contribution is -0.148. The van der Waals surface area contributed by atoms with Crippen molar-refractivity contribution in [3.05, 3.63) is 0 Å². The molecule has 0 aromatic rings. The van der Waals surface area contributed by atoms with Crippen LogP contribution >= 0.6 is 0 Å². The number of rotatable bonds is 3. The molecule has 0 aliphatic carbocycles. The van der Waals surface area contributed by atoms with Gasteiger partial charge in [-0.1, -0.05) is 20.8 Å². The third-order valence-corrected chi connectivity index (χ3v) is 2.81. The van der Waals surface area contributed by atoms with Gasteiger partial charge in [0.05, 0.1) is 6.10 Å². The molecule has 0 saturated carbocycles. The number of likely N-dealkylation sites (tertiary alicyclic amines) is 1. The van der Waals surface area contributed by atoms with E-state index in [-0.39, 0.29) is 24.0 Å². The monoisotopic (exact) mass is 243 g/mol. The van der Waals surface area contributed by atoms with Crippen LogP contribution in [0, 0.1) is 5.41 Å². The molecular weight excluding hydrogens is 222 g/mol. The first-order chi connectivity index (χ1) is 7.80. The van der Waals surface area contributed by atoms with Crippen LogP contribution in [0.15, 0.2) is 0 Å². The second-order valence-electron chi connectivity index (χ2n) is 5.45. The highest BCUT2D eigenvalue weighted by Crippen LogP contribution is 2.21. The Morgan fingerprint density at radius 1 is 1.29 bits per heavy atom. The number of aliphatic carboxylic acids is 1. The van der Waals surface area contributed by atoms with Crippen molar-refractivity contribution in [2.75, 3.05) is 19.7 Å². The van der Waals surface area contributed by atoms with Crippen molar-refractivity contribution in [2.24, 2.45) is 5.41 Å². The lowest BCUT2D eigenvalue weighted by Gasteiger charge is -2.35. The number of piperidine rings is 1. The van der Waals surface area contributed by atoms with Crippen molar-refractivity contribution in [1.82, 2.24) is 4.90 Å². The first-order valence-corrected chi connectivity index (χ1v) is 5.93. The number of amides is 1. The lowest BCUT2D eigenvalue weighted by Crippen LogP contribution is -2.45. The summed E-state index contributed by atoms with van der Waals surface area (Å²) in [6.07, 6.45) is 1.40. The normalized spacial score (nSPS) is 18.2. The van der Waals surface area contributed by atoms with Gasteiger partial charge in [0.2, 0.25) is 5.91 Å². The summed E-state index contributed by atoms with van der Waals surface area (Å²) in [5.74, 6) is -0.799. The Morgan fingerprint density at radius 3 is 2.24 bits per heavy atom. The van der Waals surface area contributed by atoms with Crippen LogP contribution in [0.1, 0.15) is 33.6 Å². The van der Waals surface area contributed by atoms with Crippen LogP contribution in [0.25, 0.3) is 0 Å². The van der Waals surface area contributed by atoms with Crippen LogP contribution in [0.2, 0.25) is 0 Å². The summed E-state index contributed by atoms with van der Waals surface area (Å²) < 4.78 is 5.22. The number of hydrogen-bond donors (Lipinski definition) is 1. The van der Waals surface area contributed by atoms with E-state index in [1.54, 1.807) is 0 Å². The summed E-state index contributed by atoms with van der Waals surface area (Å²) >= 11 is 0. The van der Waals surface area contributed by atoms with Gasteiger partial charge in [0.15, 0.2) is 0 Å². The second kappa shape index (κ2) is 5.49. The van der Waals surface area contributed by atoms with Gasteiger partial charge in [0.1, 0.15) is 6.61 Å². The standard InChI is InChI=1S/C12H21NO4/c1-12(2,3)11(16)13-6-4-9(5-7-13)17-8-10(14)15/h9H,4-8H2,1-3H3,(H,14,15). The van der Waals surface area contributed by atoms with E-state index >= 15 is 0 Å². The van der Waals surface area contributed by atoms with E-state index in [9.17, 15) is 9.59 Å². The van der Waals surface area contributed by atoms with Crippen molar-refractivity contribution in [3.63, 3.8) is 0 Å². The van der Waals surface area contributed by atoms with Gasteiger partial charge in [-0.25, -0.2) is 4.79 Å². The van der Waals surface area contributed by atoms with E-state index in [0.29, 0.717) is 13.1 Å². The number of carbonyl (C=O) groups excluding carboxylic acids is 1. The van der Waals surface area contributed by atoms with Crippen LogP contribution in [0.4, 0.5) is 0 Å². The fraction of sp³-hybridized carbons (Fsp3) is 0.833. The molecule has 1 aliphatic heterocycles. The Kier molecular flexibility index (Phi) is 4.51. The van der Waals surface area contributed by atoms with Gasteiger partial charge in [0.25, 0.3) is 0 Å². The Balaban J connectivity index is 2.36. The number of carboxylic acids is 1. The molecule has 0 aromatic heterocycles. The summed E-state index contributed by atoms with van der Waals surface area (Å²) in [5, 5.41) is 8.50. The maximum atomic E-state index is 12.0. The Morgan fingerprint density at radius 2 is 1.82 bits per heavy atom. The highest BCUT2D eigenvalue weighted by molar-refractivity contribution is 5.81. The first-order valence-electron chi connectivity index (χ1n) is 5.93. The van der Waals surface area contributed by atoms with Gasteiger partial charge in [0, 0.05) is 18.5 Å². The molecule has 1 N–H and O–H groups in total. The minimum absolute atomic E-state index is 0.0323. The van der Waals surface area contributed by atoms with Crippen molar-refractivity contribution in [2.45, 2.75) is 39.7 Å². The summed E-state index contributed by atoms with van der Waals surface area (Å²) in [6.45, 7) is 6.77. The Hall–Kier alpha value is -1.10. The molecule has 1 aliphatic rings. The summed E-state index contributed by atoms with van der Waals surface area (Å²) in [4.78, 5) is 24.2. The maximum Gasteiger partial charge on any atom is 0.329 e. The van der Waals surface area contributed by atoms with E-state index in [0.717, 1.165) is 12.8 Å². The fourth-order valence-corrected chi connectivity index (χ4v) is 1.89. The summed E-state index contributed by atoms with van der Waals surface area (Å²) in [7, 11) is 0. The van der Waals surface area contributed by atoms with Gasteiger partial charge < -0.3 is 14.7 Å². The lowest BCUT2D eigenvalue weighted by atomic mass is 9.93. The molecule has 5 nitrogen and oxygen atoms in total. The van der Waals surface area contributed by atoms with Crippen molar-refractivity contribution in [3.8, 4) is 0 Å². The predicted molar refractivity (Wildman–Crippen MR) is 62.6 cm³/mol. The predicted octanol–water partition coefficient (Wildman–Crippen LogP) is 1.12. The molecule has 1 heterocycles. The minimum atomic E-state index is -0.946.